The summed E-state index contributed by atoms with van der Waals surface area (Å²) in [6.07, 6.45) is 4.12. The van der Waals surface area contributed by atoms with Crippen molar-refractivity contribution < 1.29 is 0 Å². The van der Waals surface area contributed by atoms with Crippen LogP contribution in [0.1, 0.15) is 24.2 Å². The van der Waals surface area contributed by atoms with Crippen molar-refractivity contribution in [3.8, 4) is 0 Å². The number of nitrogens with one attached hydrogen (secondary N) is 1. The number of imidazole rings is 1. The monoisotopic (exact) mass is 257 g/mol. The predicted octanol–water partition coefficient (Wildman–Crippen LogP) is 3.25. The second-order valence-electron chi connectivity index (χ2n) is 4.34. The van der Waals surface area contributed by atoms with Gasteiger partial charge >= 0.3 is 0 Å². The van der Waals surface area contributed by atoms with Crippen molar-refractivity contribution in [3.05, 3.63) is 59.4 Å². The molecule has 0 saturated carbocycles. The maximum atomic E-state index is 4.56. The van der Waals surface area contributed by atoms with E-state index < -0.39 is 0 Å². The highest BCUT2D eigenvalue weighted by atomic mass is 32.1. The zero-order valence-corrected chi connectivity index (χ0v) is 11.0. The van der Waals surface area contributed by atoms with Gasteiger partial charge in [-0.1, -0.05) is 30.3 Å². The van der Waals surface area contributed by atoms with Crippen molar-refractivity contribution in [1.82, 2.24) is 14.7 Å². The highest BCUT2D eigenvalue weighted by molar-refractivity contribution is 7.15. The molecule has 0 unspecified atom stereocenters. The van der Waals surface area contributed by atoms with E-state index in [1.165, 1.54) is 5.56 Å². The smallest absolute Gasteiger partial charge is 0.193 e. The molecule has 1 aromatic carbocycles. The Morgan fingerprint density at radius 1 is 1.33 bits per heavy atom. The molecule has 3 aromatic rings. The molecule has 2 aromatic heterocycles. The van der Waals surface area contributed by atoms with Crippen molar-refractivity contribution in [2.24, 2.45) is 0 Å². The molecule has 1 N–H and O–H groups in total. The molecule has 1 atom stereocenters. The van der Waals surface area contributed by atoms with Gasteiger partial charge in [0.25, 0.3) is 0 Å². The molecule has 0 bridgehead atoms. The molecule has 0 saturated heterocycles. The van der Waals surface area contributed by atoms with Gasteiger partial charge in [-0.15, -0.1) is 11.3 Å². The van der Waals surface area contributed by atoms with Crippen LogP contribution in [0.4, 0.5) is 0 Å². The van der Waals surface area contributed by atoms with Crippen molar-refractivity contribution in [1.29, 1.82) is 0 Å². The number of hydrogen-bond acceptors (Lipinski definition) is 3. The van der Waals surface area contributed by atoms with Crippen LogP contribution in [0.15, 0.2) is 48.1 Å². The Morgan fingerprint density at radius 3 is 2.94 bits per heavy atom. The summed E-state index contributed by atoms with van der Waals surface area (Å²) >= 11 is 1.66. The van der Waals surface area contributed by atoms with Gasteiger partial charge in [-0.25, -0.2) is 4.98 Å². The highest BCUT2D eigenvalue weighted by Crippen LogP contribution is 2.14. The van der Waals surface area contributed by atoms with E-state index in [2.05, 4.69) is 52.1 Å². The molecular formula is C14H15N3S. The summed E-state index contributed by atoms with van der Waals surface area (Å²) in [7, 11) is 0. The second kappa shape index (κ2) is 4.92. The van der Waals surface area contributed by atoms with E-state index in [9.17, 15) is 0 Å². The molecule has 0 aliphatic heterocycles. The van der Waals surface area contributed by atoms with Crippen LogP contribution < -0.4 is 5.32 Å². The van der Waals surface area contributed by atoms with Gasteiger partial charge in [0.15, 0.2) is 4.96 Å². The third-order valence-corrected chi connectivity index (χ3v) is 3.80. The molecule has 2 heterocycles. The van der Waals surface area contributed by atoms with E-state index in [1.807, 2.05) is 17.6 Å². The van der Waals surface area contributed by atoms with Crippen LogP contribution in [-0.4, -0.2) is 9.38 Å². The summed E-state index contributed by atoms with van der Waals surface area (Å²) in [5.74, 6) is 0. The second-order valence-corrected chi connectivity index (χ2v) is 5.21. The van der Waals surface area contributed by atoms with Crippen molar-refractivity contribution in [3.63, 3.8) is 0 Å². The maximum Gasteiger partial charge on any atom is 0.193 e. The fraction of sp³-hybridized carbons (Fsp3) is 0.214. The first kappa shape index (κ1) is 11.4. The van der Waals surface area contributed by atoms with Crippen LogP contribution >= 0.6 is 11.3 Å². The minimum atomic E-state index is 0.339. The highest BCUT2D eigenvalue weighted by Gasteiger charge is 2.06. The number of nitrogens with zero attached hydrogens (tertiary/aromatic N) is 2. The lowest BCUT2D eigenvalue weighted by molar-refractivity contribution is 0.569. The predicted molar refractivity (Wildman–Crippen MR) is 74.8 cm³/mol. The first-order valence-corrected chi connectivity index (χ1v) is 6.90. The Morgan fingerprint density at radius 2 is 2.17 bits per heavy atom. The third kappa shape index (κ3) is 2.30. The molecule has 0 fully saturated rings. The lowest BCUT2D eigenvalue weighted by Crippen LogP contribution is -2.18. The van der Waals surface area contributed by atoms with Crippen LogP contribution in [0, 0.1) is 0 Å². The zero-order valence-electron chi connectivity index (χ0n) is 10.2. The number of rotatable bonds is 4. The summed E-state index contributed by atoms with van der Waals surface area (Å²) in [6.45, 7) is 2.97. The van der Waals surface area contributed by atoms with Gasteiger partial charge in [0, 0.05) is 30.4 Å². The lowest BCUT2D eigenvalue weighted by atomic mass is 10.1. The van der Waals surface area contributed by atoms with Crippen LogP contribution in [-0.2, 0) is 6.54 Å². The minimum Gasteiger partial charge on any atom is -0.305 e. The Kier molecular flexibility index (Phi) is 3.13. The summed E-state index contributed by atoms with van der Waals surface area (Å²) in [4.78, 5) is 5.61. The Balaban J connectivity index is 1.66. The molecule has 18 heavy (non-hydrogen) atoms. The first-order valence-electron chi connectivity index (χ1n) is 6.02. The average Bonchev–Trinajstić information content (AvgIpc) is 2.97. The fourth-order valence-corrected chi connectivity index (χ4v) is 2.70. The molecule has 0 radical (unpaired) electrons. The SMILES string of the molecule is C[C@H](NCc1cn2ccsc2n1)c1ccccc1. The maximum absolute atomic E-state index is 4.56. The van der Waals surface area contributed by atoms with Gasteiger partial charge < -0.3 is 5.32 Å². The van der Waals surface area contributed by atoms with Crippen LogP contribution in [0.3, 0.4) is 0 Å². The Bertz CT molecular complexity index is 598. The van der Waals surface area contributed by atoms with Crippen molar-refractivity contribution in [2.45, 2.75) is 19.5 Å². The first-order chi connectivity index (χ1) is 8.83. The molecule has 0 aliphatic carbocycles. The van der Waals surface area contributed by atoms with Gasteiger partial charge in [0.05, 0.1) is 5.69 Å². The van der Waals surface area contributed by atoms with E-state index in [0.717, 1.165) is 17.2 Å². The van der Waals surface area contributed by atoms with Gasteiger partial charge in [0.1, 0.15) is 0 Å². The fourth-order valence-electron chi connectivity index (χ4n) is 1.98. The summed E-state index contributed by atoms with van der Waals surface area (Å²) in [5, 5.41) is 5.54. The topological polar surface area (TPSA) is 29.3 Å². The van der Waals surface area contributed by atoms with E-state index in [0.29, 0.717) is 6.04 Å². The standard InChI is InChI=1S/C14H15N3S/c1-11(12-5-3-2-4-6-12)15-9-13-10-17-7-8-18-14(17)16-13/h2-8,10-11,15H,9H2,1H3/t11-/m0/s1. The lowest BCUT2D eigenvalue weighted by Gasteiger charge is -2.12. The van der Waals surface area contributed by atoms with Crippen molar-refractivity contribution >= 4 is 16.3 Å². The van der Waals surface area contributed by atoms with E-state index in [-0.39, 0.29) is 0 Å². The van der Waals surface area contributed by atoms with Crippen LogP contribution in [0.25, 0.3) is 4.96 Å². The van der Waals surface area contributed by atoms with E-state index in [1.54, 1.807) is 11.3 Å². The molecule has 92 valence electrons. The quantitative estimate of drug-likeness (QED) is 0.777. The number of aromatic nitrogens is 2. The summed E-state index contributed by atoms with van der Waals surface area (Å²) < 4.78 is 2.06. The Hall–Kier alpha value is -1.65. The third-order valence-electron chi connectivity index (χ3n) is 3.03. The van der Waals surface area contributed by atoms with Gasteiger partial charge in [-0.05, 0) is 12.5 Å². The summed E-state index contributed by atoms with van der Waals surface area (Å²) in [6, 6.07) is 10.8. The van der Waals surface area contributed by atoms with Gasteiger partial charge in [-0.3, -0.25) is 4.40 Å². The summed E-state index contributed by atoms with van der Waals surface area (Å²) in [5.41, 5.74) is 2.39. The largest absolute Gasteiger partial charge is 0.305 e. The molecule has 0 spiro atoms. The number of hydrogen-bond donors (Lipinski definition) is 1. The molecule has 3 rings (SSSR count). The zero-order chi connectivity index (χ0) is 12.4. The Labute approximate surface area is 110 Å². The molecule has 3 nitrogen and oxygen atoms in total. The number of fused-ring (bicyclic) bond motifs is 1. The normalized spacial score (nSPS) is 12.9. The van der Waals surface area contributed by atoms with Crippen molar-refractivity contribution in [2.75, 3.05) is 0 Å². The number of benzene rings is 1. The molecule has 0 amide bonds. The van der Waals surface area contributed by atoms with E-state index >= 15 is 0 Å². The van der Waals surface area contributed by atoms with E-state index in [4.69, 9.17) is 0 Å². The van der Waals surface area contributed by atoms with Gasteiger partial charge in [-0.2, -0.15) is 0 Å². The molecular weight excluding hydrogens is 242 g/mol. The molecule has 0 aliphatic rings. The number of thiazole rings is 1. The van der Waals surface area contributed by atoms with Crippen LogP contribution in [0.5, 0.6) is 0 Å². The molecule has 4 heteroatoms. The minimum absolute atomic E-state index is 0.339. The van der Waals surface area contributed by atoms with Gasteiger partial charge in [0.2, 0.25) is 0 Å². The van der Waals surface area contributed by atoms with Crippen LogP contribution in [0.2, 0.25) is 0 Å². The average molecular weight is 257 g/mol.